The molecular weight excluding hydrogens is 549 g/mol. The van der Waals surface area contributed by atoms with Crippen LogP contribution >= 0.6 is 0 Å². The molecule has 210 valence electrons. The van der Waals surface area contributed by atoms with E-state index in [1.807, 2.05) is 0 Å². The van der Waals surface area contributed by atoms with Crippen LogP contribution in [0.25, 0.3) is 0 Å². The normalized spacial score (nSPS) is 8.39. The van der Waals surface area contributed by atoms with Gasteiger partial charge in [-0.2, -0.15) is 0 Å². The molecule has 0 aliphatic heterocycles. The molecule has 0 aromatic carbocycles. The van der Waals surface area contributed by atoms with Gasteiger partial charge in [0, 0.05) is 0 Å². The van der Waals surface area contributed by atoms with Gasteiger partial charge < -0.3 is 75.7 Å². The third-order valence-electron chi connectivity index (χ3n) is 2.08. The summed E-state index contributed by atoms with van der Waals surface area (Å²) in [5.41, 5.74) is 0. The highest BCUT2D eigenvalue weighted by atomic mass is 16.8. The third-order valence-corrected chi connectivity index (χ3v) is 2.08. The average Bonchev–Trinajstić information content (AvgIpc) is 2.72. The van der Waals surface area contributed by atoms with Crippen molar-refractivity contribution in [3.05, 3.63) is 0 Å². The molecule has 0 fully saturated rings. The summed E-state index contributed by atoms with van der Waals surface area (Å²) >= 11 is 0. The number of aliphatic carboxylic acids is 4. The van der Waals surface area contributed by atoms with Gasteiger partial charge in [-0.3, -0.25) is 0 Å². The number of hydrogen-bond acceptors (Lipinski definition) is 21. The fraction of sp³-hybridized carbons (Fsp3) is 0. The van der Waals surface area contributed by atoms with E-state index in [4.69, 9.17) is 35.5 Å². The fourth-order valence-corrected chi connectivity index (χ4v) is 0.967. The van der Waals surface area contributed by atoms with Gasteiger partial charge in [0.15, 0.2) is 0 Å². The molecular formula is C10H13B3N2O23. The van der Waals surface area contributed by atoms with E-state index in [1.165, 1.54) is 0 Å². The van der Waals surface area contributed by atoms with Crippen LogP contribution in [-0.4, -0.2) is 117 Å². The first kappa shape index (κ1) is 39.9. The summed E-state index contributed by atoms with van der Waals surface area (Å²) in [6.07, 6.45) is 0. The number of carbonyl (C=O) groups excluding carboxylic acids is 6. The van der Waals surface area contributed by atoms with E-state index in [-0.39, 0.29) is 12.3 Å². The van der Waals surface area contributed by atoms with E-state index in [1.54, 1.807) is 0 Å². The summed E-state index contributed by atoms with van der Waals surface area (Å²) in [6, 6.07) is 0. The number of carbonyl (C=O) groups is 10. The monoisotopic (exact) mass is 562 g/mol. The van der Waals surface area contributed by atoms with E-state index in [2.05, 4.69) is 27.9 Å². The van der Waals surface area contributed by atoms with Crippen LogP contribution in [0.3, 0.4) is 0 Å². The lowest BCUT2D eigenvalue weighted by molar-refractivity contribution is -0.170. The van der Waals surface area contributed by atoms with Gasteiger partial charge in [-0.1, -0.05) is 0 Å². The van der Waals surface area contributed by atoms with Gasteiger partial charge in [0.2, 0.25) is 0 Å². The van der Waals surface area contributed by atoms with Gasteiger partial charge in [0.25, 0.3) is 0 Å². The maximum atomic E-state index is 11.5. The first-order valence-corrected chi connectivity index (χ1v) is 7.60. The zero-order valence-electron chi connectivity index (χ0n) is 17.8. The van der Waals surface area contributed by atoms with E-state index in [0.29, 0.717) is 0 Å². The predicted octanol–water partition coefficient (Wildman–Crippen LogP) is -7.17. The van der Waals surface area contributed by atoms with Crippen LogP contribution in [0.2, 0.25) is 0 Å². The SMILES string of the molecule is N.N.O=C(O)C(=O)OB(OC(=O)C(=O)O)OC(=O)C(=O)OB(OC(=O)C(=O)O)OC(=O)C(=O)O.OB(O)O. The van der Waals surface area contributed by atoms with Crippen LogP contribution in [0.1, 0.15) is 0 Å². The van der Waals surface area contributed by atoms with E-state index in [0.717, 1.165) is 0 Å². The number of rotatable bonds is 6. The van der Waals surface area contributed by atoms with Crippen molar-refractivity contribution in [1.82, 2.24) is 12.3 Å². The molecule has 0 aromatic heterocycles. The lowest BCUT2D eigenvalue weighted by Crippen LogP contribution is -2.43. The Balaban J connectivity index is -0.000000893. The molecule has 0 aromatic rings. The summed E-state index contributed by atoms with van der Waals surface area (Å²) in [5.74, 6) is -23.6. The molecule has 0 heterocycles. The first-order valence-electron chi connectivity index (χ1n) is 7.60. The van der Waals surface area contributed by atoms with Gasteiger partial charge >= 0.3 is 81.7 Å². The highest BCUT2D eigenvalue weighted by molar-refractivity contribution is 6.56. The lowest BCUT2D eigenvalue weighted by atomic mass is 10.2. The van der Waals surface area contributed by atoms with Crippen molar-refractivity contribution in [2.45, 2.75) is 0 Å². The van der Waals surface area contributed by atoms with Gasteiger partial charge in [-0.15, -0.1) is 0 Å². The Morgan fingerprint density at radius 2 is 0.500 bits per heavy atom. The number of carboxylic acids is 4. The Kier molecular flexibility index (Phi) is 19.9. The topological polar surface area (TPSA) is 438 Å². The van der Waals surface area contributed by atoms with Crippen molar-refractivity contribution in [2.75, 3.05) is 0 Å². The maximum absolute atomic E-state index is 11.5. The average molecular weight is 562 g/mol. The smallest absolute Gasteiger partial charge is 0.473 e. The Morgan fingerprint density at radius 3 is 0.632 bits per heavy atom. The lowest BCUT2D eigenvalue weighted by Gasteiger charge is -2.13. The molecule has 0 unspecified atom stereocenters. The van der Waals surface area contributed by atoms with Gasteiger partial charge in [0.1, 0.15) is 0 Å². The Bertz CT molecular complexity index is 817. The summed E-state index contributed by atoms with van der Waals surface area (Å²) in [7, 11) is -8.41. The van der Waals surface area contributed by atoms with Crippen LogP contribution in [0, 0.1) is 0 Å². The minimum absolute atomic E-state index is 0. The molecule has 0 amide bonds. The van der Waals surface area contributed by atoms with Crippen LogP contribution in [0.5, 0.6) is 0 Å². The molecule has 0 atom stereocenters. The van der Waals surface area contributed by atoms with Gasteiger partial charge in [-0.25, -0.2) is 47.9 Å². The van der Waals surface area contributed by atoms with Crippen molar-refractivity contribution in [2.24, 2.45) is 0 Å². The summed E-state index contributed by atoms with van der Waals surface area (Å²) < 4.78 is 22.6. The second-order valence-electron chi connectivity index (χ2n) is 4.58. The van der Waals surface area contributed by atoms with Gasteiger partial charge in [-0.05, 0) is 0 Å². The molecule has 13 N–H and O–H groups in total. The van der Waals surface area contributed by atoms with Crippen LogP contribution in [-0.2, 0) is 75.9 Å². The Hall–Kier alpha value is -5.31. The zero-order valence-corrected chi connectivity index (χ0v) is 17.8. The summed E-state index contributed by atoms with van der Waals surface area (Å²) in [4.78, 5) is 108. The van der Waals surface area contributed by atoms with Crippen molar-refractivity contribution in [3.63, 3.8) is 0 Å². The van der Waals surface area contributed by atoms with Crippen LogP contribution in [0.15, 0.2) is 0 Å². The van der Waals surface area contributed by atoms with Crippen molar-refractivity contribution < 1.29 is 111 Å². The molecule has 0 bridgehead atoms. The molecule has 0 spiro atoms. The predicted molar refractivity (Wildman–Crippen MR) is 101 cm³/mol. The molecule has 0 rings (SSSR count). The van der Waals surface area contributed by atoms with E-state index < -0.39 is 81.7 Å². The molecule has 38 heavy (non-hydrogen) atoms. The molecule has 0 saturated carbocycles. The van der Waals surface area contributed by atoms with Crippen LogP contribution < -0.4 is 12.3 Å². The van der Waals surface area contributed by atoms with E-state index in [9.17, 15) is 47.9 Å². The molecule has 0 aliphatic carbocycles. The second-order valence-corrected chi connectivity index (χ2v) is 4.58. The Morgan fingerprint density at radius 1 is 0.368 bits per heavy atom. The van der Waals surface area contributed by atoms with Crippen LogP contribution in [0.4, 0.5) is 0 Å². The highest BCUT2D eigenvalue weighted by Crippen LogP contribution is 2.01. The molecule has 25 nitrogen and oxygen atoms in total. The number of carboxylic acid groups (broad SMARTS) is 4. The summed E-state index contributed by atoms with van der Waals surface area (Å²) in [6.45, 7) is 0. The second kappa shape index (κ2) is 19.0. The molecule has 0 saturated heterocycles. The maximum Gasteiger partial charge on any atom is 0.871 e. The zero-order chi connectivity index (χ0) is 28.7. The number of hydrogen-bond donors (Lipinski definition) is 9. The van der Waals surface area contributed by atoms with Gasteiger partial charge in [0.05, 0.1) is 0 Å². The van der Waals surface area contributed by atoms with E-state index >= 15 is 0 Å². The summed E-state index contributed by atoms with van der Waals surface area (Å²) in [5, 5.41) is 54.9. The largest absolute Gasteiger partial charge is 0.871 e. The molecule has 0 radical (unpaired) electrons. The quantitative estimate of drug-likeness (QED) is 0.107. The highest BCUT2D eigenvalue weighted by Gasteiger charge is 2.45. The standard InChI is InChI=1S/C10H4B2O20.BH3O3.2H3N/c13-1(14)5(21)27-11(28-6(22)2(15)16)31-9(25)10(26)32-12(29-7(23)3(17)18)30-8(24)4(19)20;2-1(3)4;;/h(H,13,14)(H,15,16)(H,17,18)(H,19,20);2-4H;2*1H3. The third kappa shape index (κ3) is 18.1. The molecule has 0 aliphatic rings. The van der Waals surface area contributed by atoms with Crippen molar-refractivity contribution in [1.29, 1.82) is 0 Å². The first-order chi connectivity index (χ1) is 16.4. The fourth-order valence-electron chi connectivity index (χ4n) is 0.967. The van der Waals surface area contributed by atoms with Crippen molar-refractivity contribution >= 4 is 81.7 Å². The van der Waals surface area contributed by atoms with Crippen molar-refractivity contribution in [3.8, 4) is 0 Å². The Labute approximate surface area is 206 Å². The minimum Gasteiger partial charge on any atom is -0.473 e. The molecule has 28 heteroatoms. The minimum atomic E-state index is -3.12.